The molecule has 0 N–H and O–H groups in total. The van der Waals surface area contributed by atoms with Gasteiger partial charge in [-0.1, -0.05) is 146 Å². The van der Waals surface area contributed by atoms with Gasteiger partial charge in [-0.2, -0.15) is 0 Å². The summed E-state index contributed by atoms with van der Waals surface area (Å²) in [5.41, 5.74) is 30.9. The van der Waals surface area contributed by atoms with Gasteiger partial charge in [0.1, 0.15) is 0 Å². The second-order valence-corrected chi connectivity index (χ2v) is 41.1. The topological polar surface area (TPSA) is 13.0 Å². The summed E-state index contributed by atoms with van der Waals surface area (Å²) in [5.74, 6) is 0. The quantitative estimate of drug-likeness (QED) is 0.0358. The summed E-state index contributed by atoms with van der Waals surface area (Å²) in [6, 6.07) is 204. The monoisotopic (exact) mass is 1760 g/mol. The molecule has 632 valence electrons. The summed E-state index contributed by atoms with van der Waals surface area (Å²) >= 11 is -4.43. The summed E-state index contributed by atoms with van der Waals surface area (Å²) in [7, 11) is 0. The molecule has 133 heavy (non-hydrogen) atoms. The molecule has 0 aliphatic rings. The number of hydrogen-bond acceptors (Lipinski definition) is 4. The summed E-state index contributed by atoms with van der Waals surface area (Å²) in [6.45, 7) is 0. The van der Waals surface area contributed by atoms with Gasteiger partial charge in [-0.25, -0.2) is 0 Å². The number of rotatable bonds is 28. The number of para-hydroxylation sites is 8. The van der Waals surface area contributed by atoms with Crippen LogP contribution in [0.4, 0.5) is 68.2 Å². The number of nitrogens with zero attached hydrogens (tertiary/aromatic N) is 4. The van der Waals surface area contributed by atoms with E-state index >= 15 is 0 Å². The van der Waals surface area contributed by atoms with Crippen LogP contribution in [0, 0.1) is 0 Å². The van der Waals surface area contributed by atoms with Crippen LogP contribution in [0.1, 0.15) is 66.8 Å². The Morgan fingerprint density at radius 1 is 0.120 bits per heavy atom. The van der Waals surface area contributed by atoms with Crippen LogP contribution in [0.5, 0.6) is 0 Å². The zero-order valence-electron chi connectivity index (χ0n) is 73.7. The van der Waals surface area contributed by atoms with Gasteiger partial charge in [0.15, 0.2) is 0 Å². The Hall–Kier alpha value is -16.9. The van der Waals surface area contributed by atoms with Crippen LogP contribution in [0.25, 0.3) is 46.6 Å². The zero-order chi connectivity index (χ0) is 89.2. The predicted octanol–water partition coefficient (Wildman–Crippen LogP) is 31.3. The first-order chi connectivity index (χ1) is 65.9. The maximum absolute atomic E-state index is 4.43. The van der Waals surface area contributed by atoms with E-state index in [-0.39, 0.29) is 0 Å². The van der Waals surface area contributed by atoms with Gasteiger partial charge in [0.25, 0.3) is 0 Å². The van der Waals surface area contributed by atoms with E-state index in [9.17, 15) is 0 Å². The third kappa shape index (κ3) is 18.9. The van der Waals surface area contributed by atoms with Gasteiger partial charge >= 0.3 is 548 Å². The molecule has 0 atom stereocenters. The van der Waals surface area contributed by atoms with Gasteiger partial charge < -0.3 is 0 Å². The molecule has 0 radical (unpaired) electrons. The fraction of sp³-hybridized carbons (Fsp3) is 0. The van der Waals surface area contributed by atoms with Gasteiger partial charge in [-0.15, -0.1) is 0 Å². The molecule has 20 aromatic carbocycles. The summed E-state index contributed by atoms with van der Waals surface area (Å²) < 4.78 is 5.14. The summed E-state index contributed by atoms with van der Waals surface area (Å²) in [6.07, 6.45) is 9.43. The molecule has 0 aromatic heterocycles. The SMILES string of the molecule is C(=C(/c1ccccc1)c1cc[c]([Ge]([c]2ccc(/C(=C/c3ccc(N(c4ccccc4)c4ccccc4)cc3)c3ccccc3)cc2)([c]2ccc(/C(=C/c3ccc(N(c4ccccc4)c4ccccc4)cc3)c3ccccc3)cc2)[c]2ccc(/C(=C/c3ccc(N(c4ccccc4)c4ccccc4)cc3)c3ccccc3)cc2)cc1)/c1ccc(N(c2ccccc2)c2ccccc2)cc1. The number of hydrogen-bond donors (Lipinski definition) is 0. The third-order valence-electron chi connectivity index (χ3n) is 24.8. The van der Waals surface area contributed by atoms with Crippen molar-refractivity contribution >= 4 is 146 Å². The molecule has 0 aliphatic heterocycles. The van der Waals surface area contributed by atoms with Crippen LogP contribution in [0.3, 0.4) is 0 Å². The van der Waals surface area contributed by atoms with Crippen LogP contribution in [0.2, 0.25) is 0 Å². The third-order valence-corrected chi connectivity index (χ3v) is 34.9. The normalized spacial score (nSPS) is 11.8. The Bertz CT molecular complexity index is 6250. The van der Waals surface area contributed by atoms with E-state index < -0.39 is 13.3 Å². The Labute approximate surface area is 784 Å². The summed E-state index contributed by atoms with van der Waals surface area (Å²) in [5, 5.41) is 0. The van der Waals surface area contributed by atoms with Gasteiger partial charge in [0.05, 0.1) is 0 Å². The molecular formula is C128H96GeN4. The van der Waals surface area contributed by atoms with Crippen molar-refractivity contribution in [1.82, 2.24) is 0 Å². The molecule has 0 bridgehead atoms. The Morgan fingerprint density at radius 3 is 0.383 bits per heavy atom. The van der Waals surface area contributed by atoms with Crippen LogP contribution in [-0.2, 0) is 0 Å². The van der Waals surface area contributed by atoms with E-state index in [1.807, 2.05) is 0 Å². The first kappa shape index (κ1) is 84.3. The number of anilines is 12. The van der Waals surface area contributed by atoms with Crippen molar-refractivity contribution in [3.8, 4) is 0 Å². The van der Waals surface area contributed by atoms with Gasteiger partial charge in [0, 0.05) is 0 Å². The molecular weight excluding hydrogens is 1670 g/mol. The van der Waals surface area contributed by atoms with E-state index in [4.69, 9.17) is 0 Å². The molecule has 0 aliphatic carbocycles. The van der Waals surface area contributed by atoms with Crippen molar-refractivity contribution < 1.29 is 0 Å². The van der Waals surface area contributed by atoms with Gasteiger partial charge in [0.2, 0.25) is 0 Å². The first-order valence-corrected chi connectivity index (χ1v) is 49.7. The minimum absolute atomic E-state index is 1.07. The van der Waals surface area contributed by atoms with E-state index in [0.29, 0.717) is 0 Å². The first-order valence-electron chi connectivity index (χ1n) is 45.5. The fourth-order valence-corrected chi connectivity index (χ4v) is 28.1. The Morgan fingerprint density at radius 2 is 0.241 bits per heavy atom. The van der Waals surface area contributed by atoms with Crippen molar-refractivity contribution in [1.29, 1.82) is 0 Å². The minimum atomic E-state index is -4.43. The van der Waals surface area contributed by atoms with Crippen LogP contribution < -0.4 is 37.2 Å². The van der Waals surface area contributed by atoms with E-state index in [0.717, 1.165) is 157 Å². The van der Waals surface area contributed by atoms with E-state index in [2.05, 4.69) is 602 Å². The van der Waals surface area contributed by atoms with Crippen molar-refractivity contribution in [2.24, 2.45) is 0 Å². The molecule has 4 nitrogen and oxygen atoms in total. The second kappa shape index (κ2) is 40.2. The van der Waals surface area contributed by atoms with Crippen molar-refractivity contribution in [3.63, 3.8) is 0 Å². The number of benzene rings is 20. The maximum atomic E-state index is 2.48. The Balaban J connectivity index is 0.760. The van der Waals surface area contributed by atoms with Crippen LogP contribution in [-0.4, -0.2) is 13.3 Å². The predicted molar refractivity (Wildman–Crippen MR) is 568 cm³/mol. The van der Waals surface area contributed by atoms with Crippen LogP contribution in [0.15, 0.2) is 558 Å². The van der Waals surface area contributed by atoms with Crippen molar-refractivity contribution in [3.05, 3.63) is 625 Å². The average molecular weight is 1760 g/mol. The molecule has 0 unspecified atom stereocenters. The standard InChI is InChI=1S/C128H96GeN4/c1-13-37-101(38-14-1)125(93-97-61-85-121(86-62-97)130(113-45-21-5-22-46-113)114-47-23-6-24-48-114)105-69-77-109(78-70-105)129(110-79-71-106(72-80-110)126(102-39-15-2-16-40-102)94-98-63-87-122(88-64-98)131(115-49-25-7-26-50-115)116-51-27-8-28-52-116,111-81-73-107(74-82-111)127(103-41-17-3-18-42-103)95-99-65-89-123(90-66-99)132(117-53-29-9-30-54-117)118-55-31-10-32-56-118)112-83-75-108(76-84-112)128(104-43-19-4-20-44-104)96-100-67-91-124(92-68-100)133(119-57-33-11-34-58-119)120-59-35-12-36-60-120/h1-96H/b125-93+,126-94+,127-95+,128-96+. The van der Waals surface area contributed by atoms with E-state index in [1.165, 1.54) is 17.6 Å². The van der Waals surface area contributed by atoms with Crippen LogP contribution >= 0.6 is 0 Å². The Kier molecular flexibility index (Phi) is 25.5. The molecule has 0 heterocycles. The molecule has 0 saturated heterocycles. The van der Waals surface area contributed by atoms with Gasteiger partial charge in [-0.3, -0.25) is 0 Å². The average Bonchev–Trinajstić information content (AvgIpc) is 0.724. The molecule has 20 aromatic rings. The van der Waals surface area contributed by atoms with Crippen molar-refractivity contribution in [2.75, 3.05) is 19.6 Å². The molecule has 0 amide bonds. The molecule has 0 saturated carbocycles. The fourth-order valence-electron chi connectivity index (χ4n) is 18.4. The zero-order valence-corrected chi connectivity index (χ0v) is 75.8. The summed E-state index contributed by atoms with van der Waals surface area (Å²) in [4.78, 5) is 9.27. The molecule has 5 heteroatoms. The van der Waals surface area contributed by atoms with Gasteiger partial charge in [-0.05, 0) is 97.1 Å². The molecule has 20 rings (SSSR count). The molecule has 0 fully saturated rings. The second-order valence-electron chi connectivity index (χ2n) is 33.1. The molecule has 0 spiro atoms. The van der Waals surface area contributed by atoms with E-state index in [1.54, 1.807) is 0 Å². The van der Waals surface area contributed by atoms with Crippen molar-refractivity contribution in [2.45, 2.75) is 0 Å².